The Kier molecular flexibility index (Phi) is 5.53. The van der Waals surface area contributed by atoms with E-state index in [1.807, 2.05) is 6.92 Å². The Morgan fingerprint density at radius 3 is 2.71 bits per heavy atom. The van der Waals surface area contributed by atoms with Crippen molar-refractivity contribution in [2.75, 3.05) is 12.4 Å². The molecular weight excluding hydrogens is 373 g/mol. The number of benzene rings is 1. The van der Waals surface area contributed by atoms with Crippen LogP contribution >= 0.6 is 0 Å². The predicted molar refractivity (Wildman–Crippen MR) is 97.9 cm³/mol. The van der Waals surface area contributed by atoms with E-state index < -0.39 is 11.7 Å². The number of nitrogens with one attached hydrogen (secondary N) is 1. The predicted octanol–water partition coefficient (Wildman–Crippen LogP) is 5.04. The summed E-state index contributed by atoms with van der Waals surface area (Å²) in [7, 11) is 1.69. The van der Waals surface area contributed by atoms with E-state index in [2.05, 4.69) is 20.4 Å². The Balaban J connectivity index is 2.00. The van der Waals surface area contributed by atoms with E-state index in [-0.39, 0.29) is 29.1 Å². The largest absolute Gasteiger partial charge is 0.490 e. The average Bonchev–Trinajstić information content (AvgIpc) is 3.17. The summed E-state index contributed by atoms with van der Waals surface area (Å²) in [5, 5.41) is 6.77. The van der Waals surface area contributed by atoms with Crippen LogP contribution in [0.2, 0.25) is 0 Å². The number of rotatable bonds is 6. The van der Waals surface area contributed by atoms with E-state index in [4.69, 9.17) is 9.26 Å². The third-order valence-corrected chi connectivity index (χ3v) is 4.15. The molecule has 2 aromatic heterocycles. The number of hydrogen-bond acceptors (Lipinski definition) is 6. The van der Waals surface area contributed by atoms with Gasteiger partial charge in [-0.1, -0.05) is 12.1 Å². The van der Waals surface area contributed by atoms with Crippen LogP contribution in [0.25, 0.3) is 22.8 Å². The highest BCUT2D eigenvalue weighted by molar-refractivity contribution is 5.70. The molecule has 1 aromatic carbocycles. The van der Waals surface area contributed by atoms with Gasteiger partial charge in [0.2, 0.25) is 5.82 Å². The number of alkyl halides is 3. The Labute approximate surface area is 159 Å². The smallest absolute Gasteiger partial charge is 0.419 e. The zero-order valence-corrected chi connectivity index (χ0v) is 15.5. The van der Waals surface area contributed by atoms with Crippen LogP contribution in [0.15, 0.2) is 41.1 Å². The molecule has 3 rings (SSSR count). The lowest BCUT2D eigenvalue weighted by Gasteiger charge is -2.18. The maximum atomic E-state index is 13.5. The fourth-order valence-corrected chi connectivity index (χ4v) is 2.52. The summed E-state index contributed by atoms with van der Waals surface area (Å²) in [4.78, 5) is 8.37. The first kappa shape index (κ1) is 19.7. The van der Waals surface area contributed by atoms with Crippen molar-refractivity contribution >= 4 is 5.82 Å². The number of halogens is 3. The van der Waals surface area contributed by atoms with Crippen LogP contribution in [-0.2, 0) is 6.18 Å². The molecule has 0 aliphatic rings. The van der Waals surface area contributed by atoms with Crippen molar-refractivity contribution in [2.45, 2.75) is 32.5 Å². The third kappa shape index (κ3) is 4.08. The van der Waals surface area contributed by atoms with Gasteiger partial charge in [0.15, 0.2) is 0 Å². The van der Waals surface area contributed by atoms with Crippen molar-refractivity contribution in [3.8, 4) is 28.6 Å². The minimum Gasteiger partial charge on any atom is -0.490 e. The molecule has 0 fully saturated rings. The van der Waals surface area contributed by atoms with E-state index in [0.29, 0.717) is 17.8 Å². The molecule has 3 aromatic rings. The van der Waals surface area contributed by atoms with Gasteiger partial charge in [-0.05, 0) is 43.7 Å². The summed E-state index contributed by atoms with van der Waals surface area (Å²) in [6.07, 6.45) is -2.73. The Hall–Kier alpha value is -3.10. The molecule has 28 heavy (non-hydrogen) atoms. The number of pyridine rings is 1. The van der Waals surface area contributed by atoms with Crippen LogP contribution in [0, 0.1) is 0 Å². The molecule has 148 valence electrons. The average molecular weight is 392 g/mol. The van der Waals surface area contributed by atoms with Gasteiger partial charge in [-0.25, -0.2) is 4.98 Å². The molecule has 0 saturated heterocycles. The Morgan fingerprint density at radius 2 is 2.04 bits per heavy atom. The molecule has 0 bridgehead atoms. The maximum absolute atomic E-state index is 13.5. The molecule has 1 atom stereocenters. The molecule has 1 N–H and O–H groups in total. The van der Waals surface area contributed by atoms with E-state index in [9.17, 15) is 13.2 Å². The van der Waals surface area contributed by atoms with Crippen molar-refractivity contribution < 1.29 is 22.4 Å². The van der Waals surface area contributed by atoms with Gasteiger partial charge in [-0.3, -0.25) is 0 Å². The summed E-state index contributed by atoms with van der Waals surface area (Å²) in [5.74, 6) is 0.501. The Bertz CT molecular complexity index is 956. The van der Waals surface area contributed by atoms with Gasteiger partial charge in [-0.2, -0.15) is 18.2 Å². The molecule has 0 saturated carbocycles. The monoisotopic (exact) mass is 392 g/mol. The van der Waals surface area contributed by atoms with Gasteiger partial charge in [-0.15, -0.1) is 0 Å². The summed E-state index contributed by atoms with van der Waals surface area (Å²) < 4.78 is 51.1. The number of hydrogen-bond donors (Lipinski definition) is 1. The van der Waals surface area contributed by atoms with Crippen LogP contribution in [0.3, 0.4) is 0 Å². The second-order valence-corrected chi connectivity index (χ2v) is 6.12. The van der Waals surface area contributed by atoms with Crippen molar-refractivity contribution in [3.05, 3.63) is 42.1 Å². The number of aromatic nitrogens is 3. The molecule has 0 amide bonds. The molecular formula is C19H19F3N4O2. The highest BCUT2D eigenvalue weighted by atomic mass is 19.4. The van der Waals surface area contributed by atoms with Gasteiger partial charge in [0.1, 0.15) is 11.6 Å². The molecule has 9 heteroatoms. The number of anilines is 1. The standard InChI is InChI=1S/C19H19F3N4O2/c1-4-11(2)27-15-8-7-12(10-14(15)19(20,21)22)18-25-17(26-28-18)13-6-5-9-24-16(13)23-3/h5-11H,4H2,1-3H3,(H,23,24)/t11-/m0/s1. The molecule has 2 heterocycles. The van der Waals surface area contributed by atoms with Crippen LogP contribution in [0.1, 0.15) is 25.8 Å². The van der Waals surface area contributed by atoms with E-state index in [0.717, 1.165) is 6.07 Å². The zero-order valence-electron chi connectivity index (χ0n) is 15.5. The number of ether oxygens (including phenoxy) is 1. The van der Waals surface area contributed by atoms with Crippen molar-refractivity contribution in [1.82, 2.24) is 15.1 Å². The molecule has 0 radical (unpaired) electrons. The van der Waals surface area contributed by atoms with Crippen LogP contribution in [-0.4, -0.2) is 28.3 Å². The third-order valence-electron chi connectivity index (χ3n) is 4.15. The van der Waals surface area contributed by atoms with Gasteiger partial charge in [0.25, 0.3) is 5.89 Å². The van der Waals surface area contributed by atoms with Crippen LogP contribution in [0.4, 0.5) is 19.0 Å². The first-order valence-corrected chi connectivity index (χ1v) is 8.68. The zero-order chi connectivity index (χ0) is 20.3. The minimum absolute atomic E-state index is 0.0264. The van der Waals surface area contributed by atoms with Crippen molar-refractivity contribution in [2.24, 2.45) is 0 Å². The second kappa shape index (κ2) is 7.87. The number of nitrogens with zero attached hydrogens (tertiary/aromatic N) is 3. The SMILES string of the molecule is CC[C@H](C)Oc1ccc(-c2nc(-c3cccnc3NC)no2)cc1C(F)(F)F. The minimum atomic E-state index is -4.58. The highest BCUT2D eigenvalue weighted by Gasteiger charge is 2.35. The van der Waals surface area contributed by atoms with E-state index in [1.54, 1.807) is 32.3 Å². The fourth-order valence-electron chi connectivity index (χ4n) is 2.52. The highest BCUT2D eigenvalue weighted by Crippen LogP contribution is 2.39. The Morgan fingerprint density at radius 1 is 1.25 bits per heavy atom. The van der Waals surface area contributed by atoms with Gasteiger partial charge in [0.05, 0.1) is 17.2 Å². The summed E-state index contributed by atoms with van der Waals surface area (Å²) >= 11 is 0. The maximum Gasteiger partial charge on any atom is 0.419 e. The van der Waals surface area contributed by atoms with Gasteiger partial charge in [0, 0.05) is 18.8 Å². The van der Waals surface area contributed by atoms with Gasteiger partial charge >= 0.3 is 6.18 Å². The van der Waals surface area contributed by atoms with Crippen molar-refractivity contribution in [3.63, 3.8) is 0 Å². The summed E-state index contributed by atoms with van der Waals surface area (Å²) in [5.41, 5.74) is -0.160. The molecule has 0 aliphatic heterocycles. The summed E-state index contributed by atoms with van der Waals surface area (Å²) in [6.45, 7) is 3.55. The first-order valence-electron chi connectivity index (χ1n) is 8.68. The first-order chi connectivity index (χ1) is 13.3. The molecule has 0 unspecified atom stereocenters. The normalized spacial score (nSPS) is 12.6. The molecule has 6 nitrogen and oxygen atoms in total. The van der Waals surface area contributed by atoms with Gasteiger partial charge < -0.3 is 14.6 Å². The fraction of sp³-hybridized carbons (Fsp3) is 0.316. The lowest BCUT2D eigenvalue weighted by atomic mass is 10.1. The lowest BCUT2D eigenvalue weighted by Crippen LogP contribution is -2.15. The van der Waals surface area contributed by atoms with E-state index >= 15 is 0 Å². The lowest BCUT2D eigenvalue weighted by molar-refractivity contribution is -0.139. The molecule has 0 spiro atoms. The van der Waals surface area contributed by atoms with Crippen LogP contribution < -0.4 is 10.1 Å². The molecule has 0 aliphatic carbocycles. The summed E-state index contributed by atoms with van der Waals surface area (Å²) in [6, 6.07) is 7.13. The van der Waals surface area contributed by atoms with Crippen molar-refractivity contribution in [1.29, 1.82) is 0 Å². The topological polar surface area (TPSA) is 73.1 Å². The van der Waals surface area contributed by atoms with E-state index in [1.165, 1.54) is 12.1 Å². The quantitative estimate of drug-likeness (QED) is 0.634. The second-order valence-electron chi connectivity index (χ2n) is 6.12. The van der Waals surface area contributed by atoms with Crippen LogP contribution in [0.5, 0.6) is 5.75 Å².